The fourth-order valence-electron chi connectivity index (χ4n) is 3.01. The van der Waals surface area contributed by atoms with Gasteiger partial charge in [0.05, 0.1) is 34.7 Å². The maximum absolute atomic E-state index is 8.74. The molecule has 0 bridgehead atoms. The van der Waals surface area contributed by atoms with Gasteiger partial charge in [0.25, 0.3) is 0 Å². The number of anilines is 1. The largest absolute Gasteiger partial charge is 0.380 e. The molecule has 1 aliphatic carbocycles. The van der Waals surface area contributed by atoms with Gasteiger partial charge in [-0.3, -0.25) is 0 Å². The molecule has 0 unspecified atom stereocenters. The highest BCUT2D eigenvalue weighted by atomic mass is 79.9. The normalized spacial score (nSPS) is 13.2. The Morgan fingerprint density at radius 3 is 2.62 bits per heavy atom. The predicted molar refractivity (Wildman–Crippen MR) is 106 cm³/mol. The van der Waals surface area contributed by atoms with E-state index in [9.17, 15) is 0 Å². The van der Waals surface area contributed by atoms with Crippen molar-refractivity contribution >= 4 is 32.7 Å². The molecule has 2 aromatic carbocycles. The standard InChI is InChI=1S/C20H18BrN5/c21-19-17(23-12-15-6-4-14(5-7-15)10-11-22)8-9-18-20(19)24-25-26(18)13-16-2-1-3-16/h2,4-9,23H,1,3,10,12-13H2. The number of allylic oxidation sites excluding steroid dienone is 2. The van der Waals surface area contributed by atoms with Gasteiger partial charge in [-0.1, -0.05) is 41.1 Å². The van der Waals surface area contributed by atoms with Gasteiger partial charge in [-0.15, -0.1) is 5.10 Å². The molecule has 5 nitrogen and oxygen atoms in total. The second-order valence-electron chi connectivity index (χ2n) is 6.45. The van der Waals surface area contributed by atoms with E-state index in [1.54, 1.807) is 0 Å². The van der Waals surface area contributed by atoms with E-state index in [0.717, 1.165) is 39.7 Å². The lowest BCUT2D eigenvalue weighted by Gasteiger charge is -2.14. The molecule has 3 aromatic rings. The number of rotatable bonds is 6. The average molecular weight is 408 g/mol. The molecule has 26 heavy (non-hydrogen) atoms. The molecule has 0 amide bonds. The second kappa shape index (κ2) is 7.30. The number of nitrogens with zero attached hydrogens (tertiary/aromatic N) is 4. The van der Waals surface area contributed by atoms with Crippen LogP contribution in [0.3, 0.4) is 0 Å². The van der Waals surface area contributed by atoms with E-state index < -0.39 is 0 Å². The average Bonchev–Trinajstić information content (AvgIpc) is 3.03. The van der Waals surface area contributed by atoms with Crippen molar-refractivity contribution in [1.82, 2.24) is 15.0 Å². The molecule has 6 heteroatoms. The smallest absolute Gasteiger partial charge is 0.129 e. The van der Waals surface area contributed by atoms with E-state index in [4.69, 9.17) is 5.26 Å². The molecule has 0 atom stereocenters. The Hall–Kier alpha value is -2.65. The Labute approximate surface area is 160 Å². The minimum absolute atomic E-state index is 0.447. The highest BCUT2D eigenvalue weighted by Crippen LogP contribution is 2.31. The summed E-state index contributed by atoms with van der Waals surface area (Å²) in [4.78, 5) is 0. The van der Waals surface area contributed by atoms with Crippen LogP contribution in [0.2, 0.25) is 0 Å². The summed E-state index contributed by atoms with van der Waals surface area (Å²) in [5, 5.41) is 20.8. The number of benzene rings is 2. The van der Waals surface area contributed by atoms with E-state index in [2.05, 4.69) is 68.0 Å². The van der Waals surface area contributed by atoms with Gasteiger partial charge < -0.3 is 5.32 Å². The van der Waals surface area contributed by atoms with Gasteiger partial charge in [0, 0.05) is 6.54 Å². The van der Waals surface area contributed by atoms with Crippen molar-refractivity contribution in [3.63, 3.8) is 0 Å². The molecule has 1 heterocycles. The summed E-state index contributed by atoms with van der Waals surface area (Å²) in [5.41, 5.74) is 6.54. The summed E-state index contributed by atoms with van der Waals surface area (Å²) in [6.07, 6.45) is 5.05. The van der Waals surface area contributed by atoms with Crippen LogP contribution in [0.25, 0.3) is 11.0 Å². The zero-order valence-electron chi connectivity index (χ0n) is 14.2. The zero-order valence-corrected chi connectivity index (χ0v) is 15.8. The summed E-state index contributed by atoms with van der Waals surface area (Å²) < 4.78 is 2.90. The summed E-state index contributed by atoms with van der Waals surface area (Å²) in [6.45, 7) is 1.53. The Morgan fingerprint density at radius 1 is 1.15 bits per heavy atom. The topological polar surface area (TPSA) is 66.5 Å². The van der Waals surface area contributed by atoms with Crippen molar-refractivity contribution in [2.45, 2.75) is 32.4 Å². The molecule has 1 aliphatic rings. The van der Waals surface area contributed by atoms with Crippen LogP contribution in [0, 0.1) is 11.3 Å². The Kier molecular flexibility index (Phi) is 4.72. The minimum atomic E-state index is 0.447. The molecular formula is C20H18BrN5. The molecule has 130 valence electrons. The third-order valence-electron chi connectivity index (χ3n) is 4.67. The SMILES string of the molecule is N#CCc1ccc(CNc2ccc3c(nnn3CC3=CCC3)c2Br)cc1. The highest BCUT2D eigenvalue weighted by molar-refractivity contribution is 9.10. The molecule has 0 spiro atoms. The third kappa shape index (κ3) is 3.35. The fraction of sp³-hybridized carbons (Fsp3) is 0.250. The van der Waals surface area contributed by atoms with Crippen LogP contribution in [0.4, 0.5) is 5.69 Å². The first-order valence-electron chi connectivity index (χ1n) is 8.63. The van der Waals surface area contributed by atoms with Crippen LogP contribution in [0.5, 0.6) is 0 Å². The summed E-state index contributed by atoms with van der Waals surface area (Å²) >= 11 is 3.67. The Bertz CT molecular complexity index is 1010. The third-order valence-corrected chi connectivity index (χ3v) is 5.47. The van der Waals surface area contributed by atoms with Gasteiger partial charge in [-0.25, -0.2) is 4.68 Å². The number of halogens is 1. The van der Waals surface area contributed by atoms with Crippen molar-refractivity contribution in [2.75, 3.05) is 5.32 Å². The van der Waals surface area contributed by atoms with Crippen LogP contribution in [0.1, 0.15) is 24.0 Å². The lowest BCUT2D eigenvalue weighted by molar-refractivity contribution is 0.622. The van der Waals surface area contributed by atoms with Gasteiger partial charge in [0.1, 0.15) is 5.52 Å². The van der Waals surface area contributed by atoms with Crippen LogP contribution >= 0.6 is 15.9 Å². The van der Waals surface area contributed by atoms with E-state index in [-0.39, 0.29) is 0 Å². The number of hydrogen-bond acceptors (Lipinski definition) is 4. The maximum atomic E-state index is 8.74. The molecule has 1 aromatic heterocycles. The van der Waals surface area contributed by atoms with Gasteiger partial charge in [-0.05, 0) is 52.0 Å². The first kappa shape index (κ1) is 16.8. The van der Waals surface area contributed by atoms with E-state index in [1.165, 1.54) is 17.6 Å². The molecule has 4 rings (SSSR count). The quantitative estimate of drug-likeness (QED) is 0.606. The molecule has 0 fully saturated rings. The molecule has 1 N–H and O–H groups in total. The first-order chi connectivity index (χ1) is 12.7. The lowest BCUT2D eigenvalue weighted by Crippen LogP contribution is -2.07. The Balaban J connectivity index is 1.50. The summed E-state index contributed by atoms with van der Waals surface area (Å²) in [7, 11) is 0. The second-order valence-corrected chi connectivity index (χ2v) is 7.24. The minimum Gasteiger partial charge on any atom is -0.380 e. The monoisotopic (exact) mass is 407 g/mol. The number of fused-ring (bicyclic) bond motifs is 1. The van der Waals surface area contributed by atoms with Crippen LogP contribution in [0.15, 0.2) is 52.5 Å². The summed E-state index contributed by atoms with van der Waals surface area (Å²) in [5.74, 6) is 0. The van der Waals surface area contributed by atoms with Crippen molar-refractivity contribution < 1.29 is 0 Å². The zero-order chi connectivity index (χ0) is 17.9. The van der Waals surface area contributed by atoms with E-state index >= 15 is 0 Å². The van der Waals surface area contributed by atoms with Crippen molar-refractivity contribution in [3.05, 3.63) is 63.6 Å². The number of nitriles is 1. The van der Waals surface area contributed by atoms with Crippen molar-refractivity contribution in [2.24, 2.45) is 0 Å². The van der Waals surface area contributed by atoms with Crippen molar-refractivity contribution in [3.8, 4) is 6.07 Å². The lowest BCUT2D eigenvalue weighted by atomic mass is 9.99. The molecule has 0 radical (unpaired) electrons. The van der Waals surface area contributed by atoms with Gasteiger partial charge in [0.2, 0.25) is 0 Å². The number of hydrogen-bond donors (Lipinski definition) is 1. The van der Waals surface area contributed by atoms with Crippen LogP contribution in [-0.4, -0.2) is 15.0 Å². The molecule has 0 saturated carbocycles. The summed E-state index contributed by atoms with van der Waals surface area (Å²) in [6, 6.07) is 14.4. The predicted octanol–water partition coefficient (Wildman–Crippen LogP) is 4.59. The number of nitrogens with one attached hydrogen (secondary N) is 1. The maximum Gasteiger partial charge on any atom is 0.129 e. The first-order valence-corrected chi connectivity index (χ1v) is 9.42. The van der Waals surface area contributed by atoms with Crippen molar-refractivity contribution in [1.29, 1.82) is 5.26 Å². The molecular weight excluding hydrogens is 390 g/mol. The highest BCUT2D eigenvalue weighted by Gasteiger charge is 2.14. The van der Waals surface area contributed by atoms with Gasteiger partial charge in [0.15, 0.2) is 0 Å². The Morgan fingerprint density at radius 2 is 1.92 bits per heavy atom. The van der Waals surface area contributed by atoms with E-state index in [0.29, 0.717) is 13.0 Å². The van der Waals surface area contributed by atoms with Gasteiger partial charge in [-0.2, -0.15) is 5.26 Å². The fourth-order valence-corrected chi connectivity index (χ4v) is 3.56. The van der Waals surface area contributed by atoms with Gasteiger partial charge >= 0.3 is 0 Å². The van der Waals surface area contributed by atoms with E-state index in [1.807, 2.05) is 16.8 Å². The van der Waals surface area contributed by atoms with Crippen LogP contribution < -0.4 is 5.32 Å². The van der Waals surface area contributed by atoms with Crippen LogP contribution in [-0.2, 0) is 19.5 Å². The molecule has 0 aliphatic heterocycles. The number of aromatic nitrogens is 3. The molecule has 0 saturated heterocycles.